The summed E-state index contributed by atoms with van der Waals surface area (Å²) in [5.74, 6) is 0.980. The first-order chi connectivity index (χ1) is 9.19. The van der Waals surface area contributed by atoms with Gasteiger partial charge in [-0.05, 0) is 25.3 Å². The number of hydrogen-bond donors (Lipinski definition) is 1. The molecule has 0 aromatic carbocycles. The van der Waals surface area contributed by atoms with Gasteiger partial charge >= 0.3 is 6.03 Å². The van der Waals surface area contributed by atoms with Crippen LogP contribution in [-0.4, -0.2) is 27.6 Å². The first kappa shape index (κ1) is 13.5. The molecule has 0 aliphatic rings. The number of nitrogens with one attached hydrogen (secondary N) is 1. The minimum absolute atomic E-state index is 0.133. The molecule has 2 aromatic rings. The second-order valence-electron chi connectivity index (χ2n) is 3.99. The van der Waals surface area contributed by atoms with E-state index in [0.29, 0.717) is 24.8 Å². The summed E-state index contributed by atoms with van der Waals surface area (Å²) in [6, 6.07) is 3.86. The Labute approximate surface area is 115 Å². The lowest BCUT2D eigenvalue weighted by Gasteiger charge is -2.20. The molecule has 0 aliphatic carbocycles. The highest BCUT2D eigenvalue weighted by molar-refractivity contribution is 7.09. The molecular formula is C12H16N4O2S. The average molecular weight is 280 g/mol. The first-order valence-corrected chi connectivity index (χ1v) is 6.91. The Kier molecular flexibility index (Phi) is 4.51. The summed E-state index contributed by atoms with van der Waals surface area (Å²) < 4.78 is 4.94. The van der Waals surface area contributed by atoms with Crippen LogP contribution in [-0.2, 0) is 13.1 Å². The van der Waals surface area contributed by atoms with Gasteiger partial charge in [-0.3, -0.25) is 0 Å². The molecule has 0 atom stereocenters. The molecule has 2 amide bonds. The van der Waals surface area contributed by atoms with Crippen molar-refractivity contribution < 1.29 is 9.32 Å². The predicted octanol–water partition coefficient (Wildman–Crippen LogP) is 2.17. The van der Waals surface area contributed by atoms with Crippen LogP contribution in [0.5, 0.6) is 0 Å². The lowest BCUT2D eigenvalue weighted by atomic mass is 10.4. The van der Waals surface area contributed by atoms with Crippen molar-refractivity contribution in [1.29, 1.82) is 0 Å². The van der Waals surface area contributed by atoms with Gasteiger partial charge in [-0.25, -0.2) is 4.79 Å². The van der Waals surface area contributed by atoms with Crippen LogP contribution in [0.1, 0.15) is 23.5 Å². The zero-order chi connectivity index (χ0) is 13.7. The van der Waals surface area contributed by atoms with Crippen molar-refractivity contribution in [3.8, 4) is 0 Å². The molecule has 0 aliphatic heterocycles. The summed E-state index contributed by atoms with van der Waals surface area (Å²) in [5.41, 5.74) is 0. The molecule has 0 saturated heterocycles. The van der Waals surface area contributed by atoms with Crippen molar-refractivity contribution in [2.75, 3.05) is 6.54 Å². The van der Waals surface area contributed by atoms with Crippen LogP contribution < -0.4 is 5.32 Å². The fourth-order valence-corrected chi connectivity index (χ4v) is 2.31. The van der Waals surface area contributed by atoms with Crippen LogP contribution >= 0.6 is 11.3 Å². The Morgan fingerprint density at radius 2 is 2.42 bits per heavy atom. The molecule has 0 bridgehead atoms. The third kappa shape index (κ3) is 3.78. The molecule has 7 heteroatoms. The lowest BCUT2D eigenvalue weighted by Crippen LogP contribution is -2.38. The van der Waals surface area contributed by atoms with Crippen LogP contribution in [0, 0.1) is 6.92 Å². The zero-order valence-corrected chi connectivity index (χ0v) is 11.7. The molecule has 0 unspecified atom stereocenters. The van der Waals surface area contributed by atoms with E-state index in [2.05, 4.69) is 15.5 Å². The van der Waals surface area contributed by atoms with Gasteiger partial charge in [0.15, 0.2) is 5.82 Å². The van der Waals surface area contributed by atoms with Gasteiger partial charge in [0.25, 0.3) is 0 Å². The molecule has 0 spiro atoms. The maximum Gasteiger partial charge on any atom is 0.318 e. The Morgan fingerprint density at radius 1 is 1.58 bits per heavy atom. The second kappa shape index (κ2) is 6.33. The van der Waals surface area contributed by atoms with Gasteiger partial charge < -0.3 is 14.7 Å². The SMILES string of the molecule is CCN(Cc1cccs1)C(=O)NCc1nc(C)no1. The third-order valence-corrected chi connectivity index (χ3v) is 3.42. The largest absolute Gasteiger partial charge is 0.337 e. The fraction of sp³-hybridized carbons (Fsp3) is 0.417. The van der Waals surface area contributed by atoms with Gasteiger partial charge in [0.2, 0.25) is 5.89 Å². The van der Waals surface area contributed by atoms with Crippen LogP contribution in [0.15, 0.2) is 22.0 Å². The van der Waals surface area contributed by atoms with Crippen LogP contribution in [0.25, 0.3) is 0 Å². The van der Waals surface area contributed by atoms with E-state index in [1.54, 1.807) is 23.2 Å². The van der Waals surface area contributed by atoms with Gasteiger partial charge in [0, 0.05) is 11.4 Å². The number of aryl methyl sites for hydroxylation is 1. The zero-order valence-electron chi connectivity index (χ0n) is 10.9. The summed E-state index contributed by atoms with van der Waals surface area (Å²) in [5, 5.41) is 8.44. The van der Waals surface area contributed by atoms with E-state index >= 15 is 0 Å². The molecule has 0 saturated carbocycles. The summed E-state index contributed by atoms with van der Waals surface area (Å²) in [4.78, 5) is 18.9. The molecule has 1 N–H and O–H groups in total. The van der Waals surface area contributed by atoms with Crippen molar-refractivity contribution in [3.05, 3.63) is 34.1 Å². The van der Waals surface area contributed by atoms with Gasteiger partial charge in [-0.2, -0.15) is 4.98 Å². The van der Waals surface area contributed by atoms with Crippen molar-refractivity contribution in [1.82, 2.24) is 20.4 Å². The molecule has 6 nitrogen and oxygen atoms in total. The Morgan fingerprint density at radius 3 is 3.00 bits per heavy atom. The molecule has 102 valence electrons. The van der Waals surface area contributed by atoms with E-state index in [1.165, 1.54) is 0 Å². The molecule has 0 radical (unpaired) electrons. The van der Waals surface area contributed by atoms with Gasteiger partial charge in [0.1, 0.15) is 0 Å². The highest BCUT2D eigenvalue weighted by atomic mass is 32.1. The number of carbonyl (C=O) groups is 1. The number of rotatable bonds is 5. The molecular weight excluding hydrogens is 264 g/mol. The van der Waals surface area contributed by atoms with Crippen molar-refractivity contribution in [2.45, 2.75) is 26.9 Å². The molecule has 2 rings (SSSR count). The number of carbonyl (C=O) groups excluding carboxylic acids is 1. The predicted molar refractivity (Wildman–Crippen MR) is 71.7 cm³/mol. The smallest absolute Gasteiger partial charge is 0.318 e. The second-order valence-corrected chi connectivity index (χ2v) is 5.02. The van der Waals surface area contributed by atoms with E-state index < -0.39 is 0 Å². The lowest BCUT2D eigenvalue weighted by molar-refractivity contribution is 0.196. The monoisotopic (exact) mass is 280 g/mol. The number of hydrogen-bond acceptors (Lipinski definition) is 5. The fourth-order valence-electron chi connectivity index (χ4n) is 1.59. The number of amides is 2. The molecule has 2 aromatic heterocycles. The summed E-state index contributed by atoms with van der Waals surface area (Å²) in [6.45, 7) is 5.20. The van der Waals surface area contributed by atoms with Gasteiger partial charge in [-0.1, -0.05) is 11.2 Å². The Bertz CT molecular complexity index is 524. The third-order valence-electron chi connectivity index (χ3n) is 2.56. The molecule has 0 fully saturated rings. The van der Waals surface area contributed by atoms with Crippen LogP contribution in [0.3, 0.4) is 0 Å². The summed E-state index contributed by atoms with van der Waals surface area (Å²) in [6.07, 6.45) is 0. The van der Waals surface area contributed by atoms with Gasteiger partial charge in [0.05, 0.1) is 13.1 Å². The minimum Gasteiger partial charge on any atom is -0.337 e. The van der Waals surface area contributed by atoms with Crippen molar-refractivity contribution >= 4 is 17.4 Å². The normalized spacial score (nSPS) is 10.4. The highest BCUT2D eigenvalue weighted by Gasteiger charge is 2.13. The first-order valence-electron chi connectivity index (χ1n) is 6.03. The van der Waals surface area contributed by atoms with Crippen LogP contribution in [0.2, 0.25) is 0 Å². The summed E-state index contributed by atoms with van der Waals surface area (Å²) >= 11 is 1.64. The van der Waals surface area contributed by atoms with Crippen molar-refractivity contribution in [3.63, 3.8) is 0 Å². The topological polar surface area (TPSA) is 71.3 Å². The number of thiophene rings is 1. The van der Waals surface area contributed by atoms with Crippen molar-refractivity contribution in [2.24, 2.45) is 0 Å². The molecule has 2 heterocycles. The summed E-state index contributed by atoms with van der Waals surface area (Å²) in [7, 11) is 0. The van der Waals surface area contributed by atoms with Crippen LogP contribution in [0.4, 0.5) is 4.79 Å². The van der Waals surface area contributed by atoms with E-state index in [0.717, 1.165) is 4.88 Å². The maximum absolute atomic E-state index is 12.0. The van der Waals surface area contributed by atoms with E-state index in [1.807, 2.05) is 24.4 Å². The standard InChI is InChI=1S/C12H16N4O2S/c1-3-16(8-10-5-4-6-19-10)12(17)13-7-11-14-9(2)15-18-11/h4-6H,3,7-8H2,1-2H3,(H,13,17). The average Bonchev–Trinajstić information content (AvgIpc) is 3.04. The van der Waals surface area contributed by atoms with E-state index in [9.17, 15) is 4.79 Å². The number of aromatic nitrogens is 2. The Hall–Kier alpha value is -1.89. The van der Waals surface area contributed by atoms with Gasteiger partial charge in [-0.15, -0.1) is 11.3 Å². The quantitative estimate of drug-likeness (QED) is 0.911. The minimum atomic E-state index is -0.133. The maximum atomic E-state index is 12.0. The number of urea groups is 1. The van der Waals surface area contributed by atoms with E-state index in [4.69, 9.17) is 4.52 Å². The Balaban J connectivity index is 1.86. The van der Waals surface area contributed by atoms with E-state index in [-0.39, 0.29) is 12.6 Å². The highest BCUT2D eigenvalue weighted by Crippen LogP contribution is 2.11. The number of nitrogens with zero attached hydrogens (tertiary/aromatic N) is 3. The molecule has 19 heavy (non-hydrogen) atoms.